The summed E-state index contributed by atoms with van der Waals surface area (Å²) in [5.41, 5.74) is -0.0639. The van der Waals surface area contributed by atoms with Crippen molar-refractivity contribution < 1.29 is 14.3 Å². The minimum absolute atomic E-state index is 0.0639. The number of aromatic nitrogens is 2. The maximum absolute atomic E-state index is 13.2. The van der Waals surface area contributed by atoms with Crippen LogP contribution in [-0.2, 0) is 0 Å². The molecule has 1 aliphatic heterocycles. The maximum atomic E-state index is 13.2. The van der Waals surface area contributed by atoms with Crippen LogP contribution in [0.5, 0.6) is 0 Å². The molecule has 1 aromatic rings. The molecule has 0 amide bonds. The molecule has 0 radical (unpaired) electrons. The molecule has 5 nitrogen and oxygen atoms in total. The van der Waals surface area contributed by atoms with Crippen LogP contribution in [0, 0.1) is 0 Å². The zero-order chi connectivity index (χ0) is 11.5. The molecule has 1 fully saturated rings. The van der Waals surface area contributed by atoms with Gasteiger partial charge in [0.15, 0.2) is 5.69 Å². The molecule has 1 aromatic heterocycles. The van der Waals surface area contributed by atoms with Crippen LogP contribution in [-0.4, -0.2) is 40.3 Å². The molecule has 0 saturated carbocycles. The molecule has 86 valence electrons. The highest BCUT2D eigenvalue weighted by molar-refractivity contribution is 5.85. The Hall–Kier alpha value is -1.72. The number of nitrogens with zero attached hydrogens (tertiary/aromatic N) is 3. The number of carbonyl (C=O) groups is 1. The number of rotatable bonds is 2. The number of hydrogen-bond donors (Lipinski definition) is 1. The zero-order valence-corrected chi connectivity index (χ0v) is 8.64. The number of hydrogen-bond acceptors (Lipinski definition) is 4. The van der Waals surface area contributed by atoms with E-state index in [4.69, 9.17) is 5.11 Å². The first-order valence-corrected chi connectivity index (χ1v) is 5.12. The summed E-state index contributed by atoms with van der Waals surface area (Å²) in [6.45, 7) is 0.909. The standard InChI is InChI=1S/C10H12FN3O2/c11-7-2-1-5-14(6-7)10-12-4-3-8(13-10)9(15)16/h3-4,7H,1-2,5-6H2,(H,15,16). The average Bonchev–Trinajstić information content (AvgIpc) is 2.29. The van der Waals surface area contributed by atoms with Gasteiger partial charge >= 0.3 is 5.97 Å². The van der Waals surface area contributed by atoms with Gasteiger partial charge in [-0.1, -0.05) is 0 Å². The predicted molar refractivity (Wildman–Crippen MR) is 55.3 cm³/mol. The van der Waals surface area contributed by atoms with Gasteiger partial charge in [0.25, 0.3) is 0 Å². The van der Waals surface area contributed by atoms with E-state index in [0.717, 1.165) is 6.42 Å². The molecule has 6 heteroatoms. The molecule has 0 aromatic carbocycles. The van der Waals surface area contributed by atoms with Crippen molar-refractivity contribution in [1.82, 2.24) is 9.97 Å². The molecule has 0 spiro atoms. The van der Waals surface area contributed by atoms with E-state index in [1.165, 1.54) is 12.3 Å². The summed E-state index contributed by atoms with van der Waals surface area (Å²) in [7, 11) is 0. The molecular weight excluding hydrogens is 213 g/mol. The van der Waals surface area contributed by atoms with Crippen LogP contribution in [0.3, 0.4) is 0 Å². The quantitative estimate of drug-likeness (QED) is 0.816. The molecule has 1 saturated heterocycles. The summed E-state index contributed by atoms with van der Waals surface area (Å²) in [6, 6.07) is 1.32. The van der Waals surface area contributed by atoms with Crippen LogP contribution < -0.4 is 4.90 Å². The number of carboxylic acid groups (broad SMARTS) is 1. The van der Waals surface area contributed by atoms with E-state index < -0.39 is 12.1 Å². The van der Waals surface area contributed by atoms with Gasteiger partial charge in [-0.25, -0.2) is 19.2 Å². The summed E-state index contributed by atoms with van der Waals surface area (Å²) in [5.74, 6) is -0.806. The average molecular weight is 225 g/mol. The van der Waals surface area contributed by atoms with Crippen molar-refractivity contribution in [3.8, 4) is 0 Å². The summed E-state index contributed by atoms with van der Waals surface area (Å²) < 4.78 is 13.2. The number of alkyl halides is 1. The second-order valence-corrected chi connectivity index (χ2v) is 3.73. The Labute approximate surface area is 91.9 Å². The second kappa shape index (κ2) is 4.42. The van der Waals surface area contributed by atoms with Crippen molar-refractivity contribution in [3.63, 3.8) is 0 Å². The molecule has 1 atom stereocenters. The molecular formula is C10H12FN3O2. The van der Waals surface area contributed by atoms with Crippen molar-refractivity contribution in [2.75, 3.05) is 18.0 Å². The Morgan fingerprint density at radius 3 is 3.12 bits per heavy atom. The largest absolute Gasteiger partial charge is 0.477 e. The van der Waals surface area contributed by atoms with Crippen LogP contribution in [0.2, 0.25) is 0 Å². The lowest BCUT2D eigenvalue weighted by molar-refractivity contribution is 0.0690. The van der Waals surface area contributed by atoms with Crippen LogP contribution in [0.25, 0.3) is 0 Å². The fraction of sp³-hybridized carbons (Fsp3) is 0.500. The fourth-order valence-corrected chi connectivity index (χ4v) is 1.73. The first kappa shape index (κ1) is 10.8. The molecule has 2 rings (SSSR count). The predicted octanol–water partition coefficient (Wildman–Crippen LogP) is 1.11. The molecule has 16 heavy (non-hydrogen) atoms. The third kappa shape index (κ3) is 2.26. The van der Waals surface area contributed by atoms with E-state index in [2.05, 4.69) is 9.97 Å². The third-order valence-corrected chi connectivity index (χ3v) is 2.51. The van der Waals surface area contributed by atoms with Gasteiger partial charge in [0, 0.05) is 12.7 Å². The van der Waals surface area contributed by atoms with Crippen LogP contribution in [0.15, 0.2) is 12.3 Å². The van der Waals surface area contributed by atoms with Crippen molar-refractivity contribution in [2.45, 2.75) is 19.0 Å². The van der Waals surface area contributed by atoms with Crippen LogP contribution >= 0.6 is 0 Å². The lowest BCUT2D eigenvalue weighted by atomic mass is 10.1. The van der Waals surface area contributed by atoms with Crippen molar-refractivity contribution in [2.24, 2.45) is 0 Å². The highest BCUT2D eigenvalue weighted by Gasteiger charge is 2.21. The lowest BCUT2D eigenvalue weighted by Gasteiger charge is -2.28. The van der Waals surface area contributed by atoms with Crippen molar-refractivity contribution in [3.05, 3.63) is 18.0 Å². The van der Waals surface area contributed by atoms with Gasteiger partial charge in [-0.2, -0.15) is 0 Å². The Morgan fingerprint density at radius 2 is 2.44 bits per heavy atom. The van der Waals surface area contributed by atoms with Crippen LogP contribution in [0.1, 0.15) is 23.3 Å². The van der Waals surface area contributed by atoms with Crippen molar-refractivity contribution >= 4 is 11.9 Å². The van der Waals surface area contributed by atoms with E-state index in [9.17, 15) is 9.18 Å². The molecule has 0 aliphatic carbocycles. The first-order chi connectivity index (χ1) is 7.66. The van der Waals surface area contributed by atoms with Gasteiger partial charge in [-0.05, 0) is 18.9 Å². The SMILES string of the molecule is O=C(O)c1ccnc(N2CCCC(F)C2)n1. The number of aromatic carboxylic acids is 1. The van der Waals surface area contributed by atoms with E-state index >= 15 is 0 Å². The normalized spacial score (nSPS) is 20.8. The Kier molecular flexibility index (Phi) is 2.98. The van der Waals surface area contributed by atoms with Gasteiger partial charge in [0.05, 0.1) is 6.54 Å². The van der Waals surface area contributed by atoms with Gasteiger partial charge in [0.1, 0.15) is 6.17 Å². The van der Waals surface area contributed by atoms with Gasteiger partial charge in [-0.3, -0.25) is 0 Å². The van der Waals surface area contributed by atoms with Crippen LogP contribution in [0.4, 0.5) is 10.3 Å². The molecule has 2 heterocycles. The van der Waals surface area contributed by atoms with Gasteiger partial charge in [-0.15, -0.1) is 0 Å². The van der Waals surface area contributed by atoms with Crippen molar-refractivity contribution in [1.29, 1.82) is 0 Å². The third-order valence-electron chi connectivity index (χ3n) is 2.51. The fourth-order valence-electron chi connectivity index (χ4n) is 1.73. The second-order valence-electron chi connectivity index (χ2n) is 3.73. The monoisotopic (exact) mass is 225 g/mol. The zero-order valence-electron chi connectivity index (χ0n) is 8.64. The molecule has 0 bridgehead atoms. The smallest absolute Gasteiger partial charge is 0.354 e. The van der Waals surface area contributed by atoms with E-state index in [1.807, 2.05) is 0 Å². The maximum Gasteiger partial charge on any atom is 0.354 e. The molecule has 1 N–H and O–H groups in total. The van der Waals surface area contributed by atoms with E-state index in [-0.39, 0.29) is 12.2 Å². The summed E-state index contributed by atoms with van der Waals surface area (Å²) in [5, 5.41) is 8.78. The van der Waals surface area contributed by atoms with Gasteiger partial charge < -0.3 is 10.0 Å². The van der Waals surface area contributed by atoms with E-state index in [0.29, 0.717) is 18.9 Å². The highest BCUT2D eigenvalue weighted by atomic mass is 19.1. The minimum Gasteiger partial charge on any atom is -0.477 e. The number of anilines is 1. The Morgan fingerprint density at radius 1 is 1.62 bits per heavy atom. The minimum atomic E-state index is -1.10. The topological polar surface area (TPSA) is 66.3 Å². The Bertz CT molecular complexity index is 399. The van der Waals surface area contributed by atoms with Gasteiger partial charge in [0.2, 0.25) is 5.95 Å². The highest BCUT2D eigenvalue weighted by Crippen LogP contribution is 2.17. The number of carboxylic acids is 1. The first-order valence-electron chi connectivity index (χ1n) is 5.12. The Balaban J connectivity index is 2.19. The summed E-state index contributed by atoms with van der Waals surface area (Å²) in [4.78, 5) is 20.2. The number of halogens is 1. The lowest BCUT2D eigenvalue weighted by Crippen LogP contribution is -2.37. The number of piperidine rings is 1. The molecule has 1 unspecified atom stereocenters. The molecule has 1 aliphatic rings. The summed E-state index contributed by atoms with van der Waals surface area (Å²) >= 11 is 0. The summed E-state index contributed by atoms with van der Waals surface area (Å²) in [6.07, 6.45) is 1.79. The van der Waals surface area contributed by atoms with E-state index in [1.54, 1.807) is 4.90 Å².